The van der Waals surface area contributed by atoms with E-state index in [4.69, 9.17) is 0 Å². The molecule has 0 aromatic carbocycles. The fourth-order valence-electron chi connectivity index (χ4n) is 0.753. The molecule has 0 saturated carbocycles. The van der Waals surface area contributed by atoms with E-state index in [2.05, 4.69) is 11.8 Å². The monoisotopic (exact) mass is 140 g/mol. The van der Waals surface area contributed by atoms with Crippen LogP contribution in [0.4, 0.5) is 0 Å². The van der Waals surface area contributed by atoms with Gasteiger partial charge in [-0.25, -0.2) is 0 Å². The molecule has 1 heteroatoms. The molecule has 0 amide bonds. The van der Waals surface area contributed by atoms with Crippen LogP contribution >= 0.6 is 0 Å². The van der Waals surface area contributed by atoms with E-state index in [9.17, 15) is 5.11 Å². The molecular formula is C9H16O. The fraction of sp³-hybridized carbons (Fsp3) is 0.778. The van der Waals surface area contributed by atoms with Crippen LogP contribution in [0.15, 0.2) is 0 Å². The molecule has 0 aliphatic carbocycles. The lowest BCUT2D eigenvalue weighted by molar-refractivity contribution is 0.0375. The van der Waals surface area contributed by atoms with Crippen LogP contribution in [0.25, 0.3) is 0 Å². The summed E-state index contributed by atoms with van der Waals surface area (Å²) in [6, 6.07) is 0. The van der Waals surface area contributed by atoms with Gasteiger partial charge in [0.1, 0.15) is 0 Å². The Morgan fingerprint density at radius 1 is 1.30 bits per heavy atom. The first-order chi connectivity index (χ1) is 4.68. The SMILES string of the molecule is CC#CCC(O)(CC)CC. The zero-order valence-corrected chi connectivity index (χ0v) is 7.07. The van der Waals surface area contributed by atoms with E-state index in [0.29, 0.717) is 6.42 Å². The largest absolute Gasteiger partial charge is 0.389 e. The third-order valence-corrected chi connectivity index (χ3v) is 1.91. The number of aliphatic hydroxyl groups is 1. The summed E-state index contributed by atoms with van der Waals surface area (Å²) in [5.74, 6) is 5.67. The maximum absolute atomic E-state index is 9.66. The Labute approximate surface area is 63.5 Å². The predicted octanol–water partition coefficient (Wildman–Crippen LogP) is 1.95. The first-order valence-corrected chi connectivity index (χ1v) is 3.80. The molecule has 0 saturated heterocycles. The molecule has 0 aromatic rings. The molecule has 0 rings (SSSR count). The van der Waals surface area contributed by atoms with E-state index in [0.717, 1.165) is 12.8 Å². The maximum atomic E-state index is 9.66. The van der Waals surface area contributed by atoms with Gasteiger partial charge < -0.3 is 5.11 Å². The van der Waals surface area contributed by atoms with Gasteiger partial charge in [-0.2, -0.15) is 0 Å². The molecule has 0 bridgehead atoms. The van der Waals surface area contributed by atoms with Gasteiger partial charge in [-0.05, 0) is 19.8 Å². The van der Waals surface area contributed by atoms with Crippen LogP contribution in [0.2, 0.25) is 0 Å². The van der Waals surface area contributed by atoms with Crippen molar-refractivity contribution < 1.29 is 5.11 Å². The van der Waals surface area contributed by atoms with E-state index >= 15 is 0 Å². The molecule has 1 nitrogen and oxygen atoms in total. The third-order valence-electron chi connectivity index (χ3n) is 1.91. The quantitative estimate of drug-likeness (QED) is 0.594. The lowest BCUT2D eigenvalue weighted by Crippen LogP contribution is -2.25. The van der Waals surface area contributed by atoms with Crippen LogP contribution in [0, 0.1) is 11.8 Å². The second-order valence-corrected chi connectivity index (χ2v) is 2.54. The van der Waals surface area contributed by atoms with Crippen LogP contribution in [-0.2, 0) is 0 Å². The highest BCUT2D eigenvalue weighted by Crippen LogP contribution is 2.17. The maximum Gasteiger partial charge on any atom is 0.0751 e. The standard InChI is InChI=1S/C9H16O/c1-4-7-8-9(10,5-2)6-3/h10H,5-6,8H2,1-3H3. The Bertz CT molecular complexity index is 135. The minimum atomic E-state index is -0.539. The highest BCUT2D eigenvalue weighted by molar-refractivity contribution is 5.00. The van der Waals surface area contributed by atoms with Gasteiger partial charge in [0.05, 0.1) is 5.60 Å². The molecular weight excluding hydrogens is 124 g/mol. The van der Waals surface area contributed by atoms with E-state index < -0.39 is 5.60 Å². The van der Waals surface area contributed by atoms with Gasteiger partial charge in [0, 0.05) is 6.42 Å². The lowest BCUT2D eigenvalue weighted by Gasteiger charge is -2.21. The molecule has 0 fully saturated rings. The van der Waals surface area contributed by atoms with Gasteiger partial charge in [0.15, 0.2) is 0 Å². The molecule has 0 aliphatic heterocycles. The first kappa shape index (κ1) is 9.52. The average Bonchev–Trinajstić information content (AvgIpc) is 2.00. The van der Waals surface area contributed by atoms with Gasteiger partial charge in [-0.15, -0.1) is 11.8 Å². The van der Waals surface area contributed by atoms with Crippen molar-refractivity contribution in [2.75, 3.05) is 0 Å². The van der Waals surface area contributed by atoms with E-state index in [1.807, 2.05) is 13.8 Å². The molecule has 0 radical (unpaired) electrons. The van der Waals surface area contributed by atoms with Crippen LogP contribution in [0.5, 0.6) is 0 Å². The highest BCUT2D eigenvalue weighted by Gasteiger charge is 2.19. The Balaban J connectivity index is 3.88. The Morgan fingerprint density at radius 3 is 2.10 bits per heavy atom. The summed E-state index contributed by atoms with van der Waals surface area (Å²) >= 11 is 0. The van der Waals surface area contributed by atoms with E-state index in [1.54, 1.807) is 6.92 Å². The minimum Gasteiger partial charge on any atom is -0.389 e. The van der Waals surface area contributed by atoms with Crippen LogP contribution in [-0.4, -0.2) is 10.7 Å². The van der Waals surface area contributed by atoms with Crippen molar-refractivity contribution in [1.29, 1.82) is 0 Å². The summed E-state index contributed by atoms with van der Waals surface area (Å²) < 4.78 is 0. The summed E-state index contributed by atoms with van der Waals surface area (Å²) in [4.78, 5) is 0. The van der Waals surface area contributed by atoms with Crippen molar-refractivity contribution in [3.05, 3.63) is 0 Å². The fourth-order valence-corrected chi connectivity index (χ4v) is 0.753. The molecule has 1 N–H and O–H groups in total. The summed E-state index contributed by atoms with van der Waals surface area (Å²) in [7, 11) is 0. The molecule has 10 heavy (non-hydrogen) atoms. The summed E-state index contributed by atoms with van der Waals surface area (Å²) in [5.41, 5.74) is -0.539. The van der Waals surface area contributed by atoms with Gasteiger partial charge in [-0.3, -0.25) is 0 Å². The zero-order valence-electron chi connectivity index (χ0n) is 7.07. The zero-order chi connectivity index (χ0) is 8.04. The van der Waals surface area contributed by atoms with Crippen molar-refractivity contribution in [3.8, 4) is 11.8 Å². The van der Waals surface area contributed by atoms with Gasteiger partial charge in [0.2, 0.25) is 0 Å². The Morgan fingerprint density at radius 2 is 1.80 bits per heavy atom. The molecule has 0 aromatic heterocycles. The van der Waals surface area contributed by atoms with Gasteiger partial charge in [-0.1, -0.05) is 13.8 Å². The smallest absolute Gasteiger partial charge is 0.0751 e. The van der Waals surface area contributed by atoms with E-state index in [1.165, 1.54) is 0 Å². The number of hydrogen-bond acceptors (Lipinski definition) is 1. The van der Waals surface area contributed by atoms with E-state index in [-0.39, 0.29) is 0 Å². The third kappa shape index (κ3) is 2.89. The summed E-state index contributed by atoms with van der Waals surface area (Å²) in [6.45, 7) is 5.77. The van der Waals surface area contributed by atoms with Crippen LogP contribution < -0.4 is 0 Å². The Hall–Kier alpha value is -0.480. The molecule has 0 spiro atoms. The van der Waals surface area contributed by atoms with Crippen LogP contribution in [0.1, 0.15) is 40.0 Å². The highest BCUT2D eigenvalue weighted by atomic mass is 16.3. The second-order valence-electron chi connectivity index (χ2n) is 2.54. The van der Waals surface area contributed by atoms with Crippen molar-refractivity contribution in [3.63, 3.8) is 0 Å². The molecule has 0 aliphatic rings. The Kier molecular flexibility index (Phi) is 4.14. The topological polar surface area (TPSA) is 20.2 Å². The van der Waals surface area contributed by atoms with Gasteiger partial charge >= 0.3 is 0 Å². The molecule has 0 atom stereocenters. The summed E-state index contributed by atoms with van der Waals surface area (Å²) in [5, 5.41) is 9.66. The normalized spacial score (nSPS) is 10.4. The van der Waals surface area contributed by atoms with Gasteiger partial charge in [0.25, 0.3) is 0 Å². The average molecular weight is 140 g/mol. The number of rotatable bonds is 3. The van der Waals surface area contributed by atoms with Crippen molar-refractivity contribution in [2.24, 2.45) is 0 Å². The first-order valence-electron chi connectivity index (χ1n) is 3.80. The summed E-state index contributed by atoms with van der Waals surface area (Å²) in [6.07, 6.45) is 2.19. The second kappa shape index (κ2) is 4.35. The van der Waals surface area contributed by atoms with Crippen molar-refractivity contribution >= 4 is 0 Å². The predicted molar refractivity (Wildman–Crippen MR) is 43.6 cm³/mol. The van der Waals surface area contributed by atoms with Crippen molar-refractivity contribution in [2.45, 2.75) is 45.6 Å². The lowest BCUT2D eigenvalue weighted by atomic mass is 9.94. The minimum absolute atomic E-state index is 0.539. The van der Waals surface area contributed by atoms with Crippen LogP contribution in [0.3, 0.4) is 0 Å². The molecule has 58 valence electrons. The number of hydrogen-bond donors (Lipinski definition) is 1. The molecule has 0 heterocycles. The molecule has 0 unspecified atom stereocenters. The van der Waals surface area contributed by atoms with Crippen molar-refractivity contribution in [1.82, 2.24) is 0 Å².